The van der Waals surface area contributed by atoms with Gasteiger partial charge in [0.25, 0.3) is 0 Å². The van der Waals surface area contributed by atoms with Gasteiger partial charge in [-0.05, 0) is 35.4 Å². The van der Waals surface area contributed by atoms with E-state index in [2.05, 4.69) is 0 Å². The van der Waals surface area contributed by atoms with Gasteiger partial charge in [-0.3, -0.25) is 0 Å². The van der Waals surface area contributed by atoms with Crippen LogP contribution in [0.5, 0.6) is 5.75 Å². The maximum atomic E-state index is 13.4. The van der Waals surface area contributed by atoms with Crippen molar-refractivity contribution in [3.05, 3.63) is 65.0 Å². The molecule has 0 aliphatic heterocycles. The number of rotatable bonds is 4. The summed E-state index contributed by atoms with van der Waals surface area (Å²) in [5, 5.41) is 0. The number of hydrogen-bond donors (Lipinski definition) is 1. The van der Waals surface area contributed by atoms with Gasteiger partial charge in [0.15, 0.2) is 11.6 Å². The molecule has 2 rings (SSSR count). The lowest BCUT2D eigenvalue weighted by Gasteiger charge is -2.10. The van der Waals surface area contributed by atoms with Crippen LogP contribution in [0, 0.1) is 17.5 Å². The molecule has 0 atom stereocenters. The summed E-state index contributed by atoms with van der Waals surface area (Å²) in [6.45, 7) is 0.192. The summed E-state index contributed by atoms with van der Waals surface area (Å²) in [6, 6.07) is 7.13. The van der Waals surface area contributed by atoms with Gasteiger partial charge in [0.2, 0.25) is 0 Å². The Morgan fingerprint density at radius 2 is 1.58 bits per heavy atom. The predicted molar refractivity (Wildman–Crippen MR) is 65.0 cm³/mol. The molecule has 0 fully saturated rings. The molecule has 0 aliphatic rings. The van der Waals surface area contributed by atoms with Crippen LogP contribution in [-0.4, -0.2) is 0 Å². The van der Waals surface area contributed by atoms with Crippen molar-refractivity contribution >= 4 is 0 Å². The highest BCUT2D eigenvalue weighted by Crippen LogP contribution is 2.20. The normalized spacial score (nSPS) is 10.5. The molecule has 0 aliphatic carbocycles. The third-order valence-electron chi connectivity index (χ3n) is 2.67. The lowest BCUT2D eigenvalue weighted by atomic mass is 10.1. The molecule has 0 aromatic heterocycles. The predicted octanol–water partition coefficient (Wildman–Crippen LogP) is 3.14. The second kappa shape index (κ2) is 5.75. The van der Waals surface area contributed by atoms with E-state index in [0.29, 0.717) is 11.1 Å². The molecule has 0 saturated heterocycles. The van der Waals surface area contributed by atoms with Crippen molar-refractivity contribution in [3.8, 4) is 5.75 Å². The van der Waals surface area contributed by atoms with E-state index in [4.69, 9.17) is 10.5 Å². The minimum absolute atomic E-state index is 0.0349. The quantitative estimate of drug-likeness (QED) is 0.923. The maximum Gasteiger partial charge on any atom is 0.167 e. The Kier molecular flexibility index (Phi) is 4.06. The maximum absolute atomic E-state index is 13.4. The number of hydrogen-bond acceptors (Lipinski definition) is 2. The van der Waals surface area contributed by atoms with Crippen molar-refractivity contribution in [3.63, 3.8) is 0 Å². The lowest BCUT2D eigenvalue weighted by Crippen LogP contribution is -2.06. The van der Waals surface area contributed by atoms with Crippen LogP contribution in [-0.2, 0) is 13.2 Å². The van der Waals surface area contributed by atoms with Crippen LogP contribution in [0.25, 0.3) is 0 Å². The van der Waals surface area contributed by atoms with E-state index in [1.165, 1.54) is 18.2 Å². The third kappa shape index (κ3) is 3.26. The average molecular weight is 267 g/mol. The minimum Gasteiger partial charge on any atom is -0.486 e. The zero-order chi connectivity index (χ0) is 13.8. The number of ether oxygens (including phenoxy) is 1. The standard InChI is InChI=1S/C14H12F3NO/c15-11-2-1-9(7-18)10(5-11)8-19-14-4-3-12(16)6-13(14)17/h1-6H,7-8,18H2. The molecule has 0 amide bonds. The Morgan fingerprint density at radius 1 is 0.895 bits per heavy atom. The molecular formula is C14H12F3NO. The van der Waals surface area contributed by atoms with Gasteiger partial charge in [0, 0.05) is 12.6 Å². The second-order valence-corrected chi connectivity index (χ2v) is 3.98. The number of benzene rings is 2. The van der Waals surface area contributed by atoms with E-state index in [0.717, 1.165) is 12.1 Å². The fourth-order valence-electron chi connectivity index (χ4n) is 1.68. The fraction of sp³-hybridized carbons (Fsp3) is 0.143. The summed E-state index contributed by atoms with van der Waals surface area (Å²) in [5.74, 6) is -1.99. The number of halogens is 3. The van der Waals surface area contributed by atoms with Crippen molar-refractivity contribution < 1.29 is 17.9 Å². The molecular weight excluding hydrogens is 255 g/mol. The van der Waals surface area contributed by atoms with Crippen molar-refractivity contribution in [2.24, 2.45) is 5.73 Å². The molecule has 2 aromatic rings. The molecule has 2 aromatic carbocycles. The highest BCUT2D eigenvalue weighted by atomic mass is 19.1. The summed E-state index contributed by atoms with van der Waals surface area (Å²) in [7, 11) is 0. The fourth-order valence-corrected chi connectivity index (χ4v) is 1.68. The van der Waals surface area contributed by atoms with E-state index in [1.807, 2.05) is 0 Å². The molecule has 0 saturated carbocycles. The Labute approximate surface area is 108 Å². The topological polar surface area (TPSA) is 35.2 Å². The van der Waals surface area contributed by atoms with Gasteiger partial charge in [-0.15, -0.1) is 0 Å². The monoisotopic (exact) mass is 267 g/mol. The second-order valence-electron chi connectivity index (χ2n) is 3.98. The molecule has 0 unspecified atom stereocenters. The van der Waals surface area contributed by atoms with Gasteiger partial charge < -0.3 is 10.5 Å². The molecule has 0 bridgehead atoms. The summed E-state index contributed by atoms with van der Waals surface area (Å²) < 4.78 is 44.4. The summed E-state index contributed by atoms with van der Waals surface area (Å²) >= 11 is 0. The molecule has 2 nitrogen and oxygen atoms in total. The molecule has 19 heavy (non-hydrogen) atoms. The SMILES string of the molecule is NCc1ccc(F)cc1COc1ccc(F)cc1F. The van der Waals surface area contributed by atoms with E-state index < -0.39 is 17.5 Å². The molecule has 100 valence electrons. The first-order chi connectivity index (χ1) is 9.10. The Bertz CT molecular complexity index is 587. The summed E-state index contributed by atoms with van der Waals surface area (Å²) in [6.07, 6.45) is 0. The highest BCUT2D eigenvalue weighted by molar-refractivity contribution is 5.29. The van der Waals surface area contributed by atoms with Crippen LogP contribution < -0.4 is 10.5 Å². The minimum atomic E-state index is -0.800. The van der Waals surface area contributed by atoms with E-state index in [-0.39, 0.29) is 18.9 Å². The molecule has 5 heteroatoms. The lowest BCUT2D eigenvalue weighted by molar-refractivity contribution is 0.287. The van der Waals surface area contributed by atoms with Crippen LogP contribution in [0.4, 0.5) is 13.2 Å². The molecule has 0 heterocycles. The summed E-state index contributed by atoms with van der Waals surface area (Å²) in [5.41, 5.74) is 6.76. The van der Waals surface area contributed by atoms with Crippen molar-refractivity contribution in [2.75, 3.05) is 0 Å². The van der Waals surface area contributed by atoms with Crippen LogP contribution in [0.2, 0.25) is 0 Å². The van der Waals surface area contributed by atoms with Crippen LogP contribution in [0.1, 0.15) is 11.1 Å². The zero-order valence-corrected chi connectivity index (χ0v) is 10.00. The van der Waals surface area contributed by atoms with Crippen molar-refractivity contribution in [1.29, 1.82) is 0 Å². The van der Waals surface area contributed by atoms with Crippen molar-refractivity contribution in [1.82, 2.24) is 0 Å². The van der Waals surface area contributed by atoms with E-state index in [1.54, 1.807) is 6.07 Å². The Morgan fingerprint density at radius 3 is 2.26 bits per heavy atom. The van der Waals surface area contributed by atoms with Gasteiger partial charge in [-0.25, -0.2) is 13.2 Å². The third-order valence-corrected chi connectivity index (χ3v) is 2.67. The van der Waals surface area contributed by atoms with E-state index in [9.17, 15) is 13.2 Å². The first-order valence-corrected chi connectivity index (χ1v) is 5.65. The van der Waals surface area contributed by atoms with Crippen molar-refractivity contribution in [2.45, 2.75) is 13.2 Å². The van der Waals surface area contributed by atoms with E-state index >= 15 is 0 Å². The van der Waals surface area contributed by atoms with Crippen LogP contribution in [0.15, 0.2) is 36.4 Å². The molecule has 0 spiro atoms. The zero-order valence-electron chi connectivity index (χ0n) is 10.00. The van der Waals surface area contributed by atoms with Crippen LogP contribution >= 0.6 is 0 Å². The largest absolute Gasteiger partial charge is 0.486 e. The Balaban J connectivity index is 2.16. The van der Waals surface area contributed by atoms with Gasteiger partial charge >= 0.3 is 0 Å². The Hall–Kier alpha value is -2.01. The highest BCUT2D eigenvalue weighted by Gasteiger charge is 2.08. The first-order valence-electron chi connectivity index (χ1n) is 5.65. The number of nitrogens with two attached hydrogens (primary N) is 1. The van der Waals surface area contributed by atoms with Crippen LogP contribution in [0.3, 0.4) is 0 Å². The van der Waals surface area contributed by atoms with Gasteiger partial charge in [-0.1, -0.05) is 6.07 Å². The van der Waals surface area contributed by atoms with Gasteiger partial charge in [-0.2, -0.15) is 0 Å². The molecule has 0 radical (unpaired) electrons. The molecule has 2 N–H and O–H groups in total. The smallest absolute Gasteiger partial charge is 0.167 e. The first kappa shape index (κ1) is 13.4. The average Bonchev–Trinajstić information content (AvgIpc) is 2.38. The van der Waals surface area contributed by atoms with Gasteiger partial charge in [0.1, 0.15) is 18.2 Å². The van der Waals surface area contributed by atoms with Gasteiger partial charge in [0.05, 0.1) is 0 Å². The summed E-state index contributed by atoms with van der Waals surface area (Å²) in [4.78, 5) is 0.